The van der Waals surface area contributed by atoms with Crippen LogP contribution in [0.3, 0.4) is 0 Å². The van der Waals surface area contributed by atoms with Crippen LogP contribution >= 0.6 is 31.9 Å². The molecule has 5 heteroatoms. The number of benzene rings is 3. The number of carbonyl (C=O) groups excluding carboxylic acids is 1. The highest BCUT2D eigenvalue weighted by Crippen LogP contribution is 2.29. The smallest absolute Gasteiger partial charge is 0.256 e. The Morgan fingerprint density at radius 2 is 1.75 bits per heavy atom. The van der Waals surface area contributed by atoms with Gasteiger partial charge in [-0.05, 0) is 64.8 Å². The van der Waals surface area contributed by atoms with Crippen LogP contribution in [0, 0.1) is 6.92 Å². The van der Waals surface area contributed by atoms with Gasteiger partial charge in [0, 0.05) is 19.9 Å². The molecule has 4 rings (SSSR count). The lowest BCUT2D eigenvalue weighted by Gasteiger charge is -2.12. The van der Waals surface area contributed by atoms with Gasteiger partial charge in [-0.1, -0.05) is 52.3 Å². The number of halogens is 2. The van der Waals surface area contributed by atoms with E-state index in [0.29, 0.717) is 5.56 Å². The zero-order valence-corrected chi connectivity index (χ0v) is 18.2. The second kappa shape index (κ2) is 7.86. The number of fused-ring (bicyclic) bond motifs is 1. The summed E-state index contributed by atoms with van der Waals surface area (Å²) < 4.78 is 1.82. The van der Waals surface area contributed by atoms with Crippen molar-refractivity contribution < 1.29 is 4.79 Å². The van der Waals surface area contributed by atoms with E-state index >= 15 is 0 Å². The van der Waals surface area contributed by atoms with Gasteiger partial charge in [0.05, 0.1) is 22.5 Å². The zero-order chi connectivity index (χ0) is 19.7. The third kappa shape index (κ3) is 3.86. The number of nitrogens with one attached hydrogen (secondary N) is 1. The number of aromatic nitrogens is 1. The Hall–Kier alpha value is -2.50. The number of pyridine rings is 1. The van der Waals surface area contributed by atoms with Gasteiger partial charge < -0.3 is 5.32 Å². The number of para-hydroxylation sites is 1. The summed E-state index contributed by atoms with van der Waals surface area (Å²) in [6.45, 7) is 2.01. The molecule has 28 heavy (non-hydrogen) atoms. The molecule has 0 aliphatic heterocycles. The van der Waals surface area contributed by atoms with Crippen molar-refractivity contribution in [3.8, 4) is 11.3 Å². The molecule has 1 heterocycles. The largest absolute Gasteiger partial charge is 0.321 e. The molecule has 138 valence electrons. The highest BCUT2D eigenvalue weighted by molar-refractivity contribution is 9.10. The molecule has 0 atom stereocenters. The Morgan fingerprint density at radius 3 is 2.54 bits per heavy atom. The van der Waals surface area contributed by atoms with E-state index in [9.17, 15) is 4.79 Å². The second-order valence-corrected chi connectivity index (χ2v) is 8.29. The SMILES string of the molecule is Cc1ccc(NC(=O)c2cc(-c3cccc(Br)c3)nc3ccccc23)c(Br)c1. The summed E-state index contributed by atoms with van der Waals surface area (Å²) in [4.78, 5) is 17.9. The molecular formula is C23H16Br2N2O. The van der Waals surface area contributed by atoms with Crippen LogP contribution in [0.5, 0.6) is 0 Å². The summed E-state index contributed by atoms with van der Waals surface area (Å²) in [7, 11) is 0. The molecule has 3 nitrogen and oxygen atoms in total. The van der Waals surface area contributed by atoms with Crippen molar-refractivity contribution in [1.29, 1.82) is 0 Å². The van der Waals surface area contributed by atoms with Gasteiger partial charge >= 0.3 is 0 Å². The molecule has 1 N–H and O–H groups in total. The summed E-state index contributed by atoms with van der Waals surface area (Å²) in [5.41, 5.74) is 4.94. The highest BCUT2D eigenvalue weighted by atomic mass is 79.9. The Labute approximate surface area is 180 Å². The first-order chi connectivity index (χ1) is 13.5. The van der Waals surface area contributed by atoms with Gasteiger partial charge in [0.25, 0.3) is 5.91 Å². The summed E-state index contributed by atoms with van der Waals surface area (Å²) in [5.74, 6) is -0.167. The molecule has 3 aromatic carbocycles. The minimum absolute atomic E-state index is 0.167. The number of hydrogen-bond acceptors (Lipinski definition) is 2. The Morgan fingerprint density at radius 1 is 0.929 bits per heavy atom. The molecule has 0 saturated carbocycles. The lowest BCUT2D eigenvalue weighted by atomic mass is 10.0. The van der Waals surface area contributed by atoms with E-state index in [-0.39, 0.29) is 5.91 Å². The van der Waals surface area contributed by atoms with E-state index < -0.39 is 0 Å². The summed E-state index contributed by atoms with van der Waals surface area (Å²) >= 11 is 7.03. The van der Waals surface area contributed by atoms with Crippen LogP contribution in [0.1, 0.15) is 15.9 Å². The van der Waals surface area contributed by atoms with Gasteiger partial charge in [0.15, 0.2) is 0 Å². The molecule has 0 unspecified atom stereocenters. The van der Waals surface area contributed by atoms with Gasteiger partial charge in [-0.15, -0.1) is 0 Å². The number of aryl methyl sites for hydroxylation is 1. The molecule has 1 amide bonds. The highest BCUT2D eigenvalue weighted by Gasteiger charge is 2.15. The standard InChI is InChI=1S/C23H16Br2N2O/c1-14-9-10-21(19(25)11-14)27-23(28)18-13-22(15-5-4-6-16(24)12-15)26-20-8-3-2-7-17(18)20/h2-13H,1H3,(H,27,28). The zero-order valence-electron chi connectivity index (χ0n) is 15.0. The van der Waals surface area contributed by atoms with Gasteiger partial charge in [0.1, 0.15) is 0 Å². The van der Waals surface area contributed by atoms with Crippen molar-refractivity contribution in [1.82, 2.24) is 4.98 Å². The molecular weight excluding hydrogens is 480 g/mol. The molecule has 0 spiro atoms. The number of anilines is 1. The van der Waals surface area contributed by atoms with E-state index in [4.69, 9.17) is 4.98 Å². The van der Waals surface area contributed by atoms with E-state index in [2.05, 4.69) is 37.2 Å². The quantitative estimate of drug-likeness (QED) is 0.333. The maximum atomic E-state index is 13.1. The van der Waals surface area contributed by atoms with Crippen molar-refractivity contribution in [2.75, 3.05) is 5.32 Å². The number of nitrogens with zero attached hydrogens (tertiary/aromatic N) is 1. The first kappa shape index (κ1) is 18.8. The van der Waals surface area contributed by atoms with Crippen LogP contribution < -0.4 is 5.32 Å². The van der Waals surface area contributed by atoms with Gasteiger partial charge in [-0.2, -0.15) is 0 Å². The van der Waals surface area contributed by atoms with Crippen LogP contribution in [0.2, 0.25) is 0 Å². The van der Waals surface area contributed by atoms with E-state index in [1.807, 2.05) is 79.7 Å². The Balaban J connectivity index is 1.81. The first-order valence-corrected chi connectivity index (χ1v) is 10.3. The average molecular weight is 496 g/mol. The molecule has 4 aromatic rings. The van der Waals surface area contributed by atoms with E-state index in [1.165, 1.54) is 0 Å². The third-order valence-electron chi connectivity index (χ3n) is 4.45. The fourth-order valence-electron chi connectivity index (χ4n) is 3.07. The first-order valence-electron chi connectivity index (χ1n) is 8.74. The minimum Gasteiger partial charge on any atom is -0.321 e. The topological polar surface area (TPSA) is 42.0 Å². The fraction of sp³-hybridized carbons (Fsp3) is 0.0435. The normalized spacial score (nSPS) is 10.8. The van der Waals surface area contributed by atoms with Gasteiger partial charge in [0.2, 0.25) is 0 Å². The van der Waals surface area contributed by atoms with Crippen molar-refractivity contribution >= 4 is 54.4 Å². The summed E-state index contributed by atoms with van der Waals surface area (Å²) in [6, 6.07) is 23.3. The number of amides is 1. The van der Waals surface area contributed by atoms with Crippen molar-refractivity contribution in [2.24, 2.45) is 0 Å². The molecule has 0 saturated heterocycles. The van der Waals surface area contributed by atoms with Gasteiger partial charge in [-0.3, -0.25) is 4.79 Å². The maximum Gasteiger partial charge on any atom is 0.256 e. The van der Waals surface area contributed by atoms with Crippen LogP contribution in [0.15, 0.2) is 81.7 Å². The number of carbonyl (C=O) groups is 1. The minimum atomic E-state index is -0.167. The predicted octanol–water partition coefficient (Wildman–Crippen LogP) is 6.99. The average Bonchev–Trinajstić information content (AvgIpc) is 2.69. The summed E-state index contributed by atoms with van der Waals surface area (Å²) in [6.07, 6.45) is 0. The molecule has 1 aromatic heterocycles. The Bertz CT molecular complexity index is 1200. The number of hydrogen-bond donors (Lipinski definition) is 1. The molecule has 0 bridgehead atoms. The van der Waals surface area contributed by atoms with E-state index in [1.54, 1.807) is 0 Å². The Kier molecular flexibility index (Phi) is 5.29. The van der Waals surface area contributed by atoms with E-state index in [0.717, 1.165) is 42.4 Å². The maximum absolute atomic E-state index is 13.1. The van der Waals surface area contributed by atoms with Crippen molar-refractivity contribution in [2.45, 2.75) is 6.92 Å². The lowest BCUT2D eigenvalue weighted by Crippen LogP contribution is -2.13. The number of rotatable bonds is 3. The van der Waals surface area contributed by atoms with Crippen LogP contribution in [-0.4, -0.2) is 10.9 Å². The fourth-order valence-corrected chi connectivity index (χ4v) is 4.06. The molecule has 0 fully saturated rings. The lowest BCUT2D eigenvalue weighted by molar-refractivity contribution is 0.102. The molecule has 0 aliphatic carbocycles. The monoisotopic (exact) mass is 494 g/mol. The van der Waals surface area contributed by atoms with Crippen LogP contribution in [0.4, 0.5) is 5.69 Å². The van der Waals surface area contributed by atoms with Crippen molar-refractivity contribution in [3.63, 3.8) is 0 Å². The second-order valence-electron chi connectivity index (χ2n) is 6.52. The predicted molar refractivity (Wildman–Crippen MR) is 122 cm³/mol. The summed E-state index contributed by atoms with van der Waals surface area (Å²) in [5, 5.41) is 3.83. The third-order valence-corrected chi connectivity index (χ3v) is 5.60. The molecule has 0 aliphatic rings. The van der Waals surface area contributed by atoms with Crippen LogP contribution in [-0.2, 0) is 0 Å². The van der Waals surface area contributed by atoms with Crippen LogP contribution in [0.25, 0.3) is 22.2 Å². The van der Waals surface area contributed by atoms with Crippen molar-refractivity contribution in [3.05, 3.63) is 92.9 Å². The van der Waals surface area contributed by atoms with Gasteiger partial charge in [-0.25, -0.2) is 4.98 Å². The molecule has 0 radical (unpaired) electrons.